The lowest BCUT2D eigenvalue weighted by Crippen LogP contribution is -2.43. The third kappa shape index (κ3) is 4.31. The number of ether oxygens (including phenoxy) is 1. The molecule has 0 N–H and O–H groups in total. The van der Waals surface area contributed by atoms with Gasteiger partial charge in [-0.05, 0) is 25.2 Å². The summed E-state index contributed by atoms with van der Waals surface area (Å²) in [5, 5.41) is 0. The number of nitrogens with zero attached hydrogens (tertiary/aromatic N) is 1. The summed E-state index contributed by atoms with van der Waals surface area (Å²) in [6.07, 6.45) is 8.96. The molecule has 0 aliphatic heterocycles. The van der Waals surface area contributed by atoms with E-state index in [0.717, 1.165) is 19.3 Å². The van der Waals surface area contributed by atoms with Gasteiger partial charge in [0.2, 0.25) is 6.41 Å². The number of esters is 1. The zero-order valence-electron chi connectivity index (χ0n) is 11.6. The van der Waals surface area contributed by atoms with Gasteiger partial charge in [-0.3, -0.25) is 9.59 Å². The van der Waals surface area contributed by atoms with Crippen molar-refractivity contribution in [3.63, 3.8) is 0 Å². The second-order valence-electron chi connectivity index (χ2n) is 5.11. The highest BCUT2D eigenvalue weighted by Gasteiger charge is 2.28. The minimum Gasteiger partial charge on any atom is -0.468 e. The molecule has 0 heterocycles. The van der Waals surface area contributed by atoms with Gasteiger partial charge in [-0.2, -0.15) is 0 Å². The van der Waals surface area contributed by atoms with Crippen molar-refractivity contribution in [1.82, 2.24) is 4.90 Å². The predicted octanol–water partition coefficient (Wildman–Crippen LogP) is 2.37. The number of methoxy groups -OCH3 is 1. The van der Waals surface area contributed by atoms with Gasteiger partial charge in [-0.15, -0.1) is 0 Å². The summed E-state index contributed by atoms with van der Waals surface area (Å²) in [4.78, 5) is 24.2. The highest BCUT2D eigenvalue weighted by atomic mass is 16.5. The fourth-order valence-electron chi connectivity index (χ4n) is 2.93. The number of carbonyl (C=O) groups excluding carboxylic acids is 2. The third-order valence-corrected chi connectivity index (χ3v) is 3.88. The molecule has 4 nitrogen and oxygen atoms in total. The van der Waals surface area contributed by atoms with Crippen LogP contribution in [0.25, 0.3) is 0 Å². The Morgan fingerprint density at radius 3 is 2.56 bits per heavy atom. The maximum atomic E-state index is 11.3. The molecule has 0 saturated heterocycles. The van der Waals surface area contributed by atoms with Crippen molar-refractivity contribution < 1.29 is 14.3 Å². The smallest absolute Gasteiger partial charge is 0.325 e. The summed E-state index contributed by atoms with van der Waals surface area (Å²) in [5.41, 5.74) is 0. The van der Waals surface area contributed by atoms with E-state index in [1.165, 1.54) is 39.2 Å². The lowest BCUT2D eigenvalue weighted by Gasteiger charge is -2.36. The first-order valence-electron chi connectivity index (χ1n) is 7.00. The maximum Gasteiger partial charge on any atom is 0.325 e. The molecule has 1 rings (SSSR count). The van der Waals surface area contributed by atoms with E-state index in [1.807, 2.05) is 0 Å². The third-order valence-electron chi connectivity index (χ3n) is 3.88. The van der Waals surface area contributed by atoms with Gasteiger partial charge in [0.15, 0.2) is 0 Å². The van der Waals surface area contributed by atoms with Crippen LogP contribution >= 0.6 is 0 Å². The van der Waals surface area contributed by atoms with Crippen LogP contribution in [-0.4, -0.2) is 37.0 Å². The molecule has 1 fully saturated rings. The zero-order valence-corrected chi connectivity index (χ0v) is 11.6. The van der Waals surface area contributed by atoms with Crippen LogP contribution < -0.4 is 0 Å². The Bertz CT molecular complexity index is 262. The second kappa shape index (κ2) is 8.11. The Morgan fingerprint density at radius 1 is 1.39 bits per heavy atom. The molecule has 1 aliphatic rings. The number of hydrogen-bond donors (Lipinski definition) is 0. The van der Waals surface area contributed by atoms with Gasteiger partial charge in [0, 0.05) is 6.04 Å². The van der Waals surface area contributed by atoms with Crippen molar-refractivity contribution >= 4 is 12.4 Å². The molecule has 0 radical (unpaired) electrons. The van der Waals surface area contributed by atoms with Crippen molar-refractivity contribution in [2.24, 2.45) is 5.92 Å². The highest BCUT2D eigenvalue weighted by Crippen LogP contribution is 2.30. The zero-order chi connectivity index (χ0) is 13.4. The van der Waals surface area contributed by atoms with Crippen molar-refractivity contribution in [1.29, 1.82) is 0 Å². The summed E-state index contributed by atoms with van der Waals surface area (Å²) in [6.45, 7) is 2.21. The Hall–Kier alpha value is -1.06. The van der Waals surface area contributed by atoms with Crippen molar-refractivity contribution in [2.75, 3.05) is 13.7 Å². The molecule has 4 heteroatoms. The minimum absolute atomic E-state index is 0.0845. The van der Waals surface area contributed by atoms with Crippen LogP contribution in [0.4, 0.5) is 0 Å². The standard InChI is InChI=1S/C14H25NO3/c1-3-7-13(12-8-5-4-6-9-12)15(11-16)10-14(17)18-2/h11-13H,3-10H2,1-2H3. The molecular formula is C14H25NO3. The summed E-state index contributed by atoms with van der Waals surface area (Å²) in [6, 6.07) is 0.201. The summed E-state index contributed by atoms with van der Waals surface area (Å²) in [7, 11) is 1.36. The molecule has 104 valence electrons. The van der Waals surface area contributed by atoms with Gasteiger partial charge in [0.05, 0.1) is 7.11 Å². The highest BCUT2D eigenvalue weighted by molar-refractivity contribution is 5.74. The molecule has 0 aromatic carbocycles. The fourth-order valence-corrected chi connectivity index (χ4v) is 2.93. The molecule has 1 amide bonds. The quantitative estimate of drug-likeness (QED) is 0.518. The van der Waals surface area contributed by atoms with E-state index >= 15 is 0 Å². The molecule has 0 spiro atoms. The number of hydrogen-bond acceptors (Lipinski definition) is 3. The Balaban J connectivity index is 2.66. The topological polar surface area (TPSA) is 46.6 Å². The Labute approximate surface area is 110 Å². The van der Waals surface area contributed by atoms with Gasteiger partial charge in [0.25, 0.3) is 0 Å². The Morgan fingerprint density at radius 2 is 2.06 bits per heavy atom. The summed E-state index contributed by atoms with van der Waals surface area (Å²) in [5.74, 6) is 0.215. The fraction of sp³-hybridized carbons (Fsp3) is 0.857. The molecular weight excluding hydrogens is 230 g/mol. The van der Waals surface area contributed by atoms with Crippen LogP contribution in [0, 0.1) is 5.92 Å². The van der Waals surface area contributed by atoms with Crippen molar-refractivity contribution in [2.45, 2.75) is 57.9 Å². The average Bonchev–Trinajstić information content (AvgIpc) is 2.43. The van der Waals surface area contributed by atoms with E-state index in [1.54, 1.807) is 4.90 Å². The molecule has 18 heavy (non-hydrogen) atoms. The van der Waals surface area contributed by atoms with E-state index in [4.69, 9.17) is 0 Å². The lowest BCUT2D eigenvalue weighted by molar-refractivity contribution is -0.145. The molecule has 0 aromatic heterocycles. The minimum atomic E-state index is -0.334. The summed E-state index contributed by atoms with van der Waals surface area (Å²) < 4.78 is 4.66. The largest absolute Gasteiger partial charge is 0.468 e. The molecule has 1 atom stereocenters. The Kier molecular flexibility index (Phi) is 6.76. The summed E-state index contributed by atoms with van der Waals surface area (Å²) >= 11 is 0. The molecule has 1 unspecified atom stereocenters. The van der Waals surface area contributed by atoms with E-state index in [9.17, 15) is 9.59 Å². The van der Waals surface area contributed by atoms with Gasteiger partial charge in [0.1, 0.15) is 6.54 Å². The van der Waals surface area contributed by atoms with E-state index < -0.39 is 0 Å². The van der Waals surface area contributed by atoms with Crippen LogP contribution in [-0.2, 0) is 14.3 Å². The van der Waals surface area contributed by atoms with Crippen LogP contribution in [0.15, 0.2) is 0 Å². The predicted molar refractivity (Wildman–Crippen MR) is 70.1 cm³/mol. The van der Waals surface area contributed by atoms with Crippen LogP contribution in [0.2, 0.25) is 0 Å². The van der Waals surface area contributed by atoms with E-state index in [-0.39, 0.29) is 18.6 Å². The number of carbonyl (C=O) groups is 2. The number of amides is 1. The van der Waals surface area contributed by atoms with Crippen molar-refractivity contribution in [3.8, 4) is 0 Å². The first-order chi connectivity index (χ1) is 8.72. The van der Waals surface area contributed by atoms with E-state index in [0.29, 0.717) is 5.92 Å². The van der Waals surface area contributed by atoms with Crippen LogP contribution in [0.1, 0.15) is 51.9 Å². The van der Waals surface area contributed by atoms with Crippen molar-refractivity contribution in [3.05, 3.63) is 0 Å². The van der Waals surface area contributed by atoms with Crippen LogP contribution in [0.5, 0.6) is 0 Å². The SMILES string of the molecule is CCCC(C1CCCCC1)N(C=O)CC(=O)OC. The van der Waals surface area contributed by atoms with Gasteiger partial charge in [-0.25, -0.2) is 0 Å². The average molecular weight is 255 g/mol. The normalized spacial score (nSPS) is 18.1. The molecule has 1 aliphatic carbocycles. The second-order valence-corrected chi connectivity index (χ2v) is 5.11. The first-order valence-corrected chi connectivity index (χ1v) is 7.00. The molecule has 1 saturated carbocycles. The lowest BCUT2D eigenvalue weighted by atomic mass is 9.81. The number of rotatable bonds is 7. The van der Waals surface area contributed by atoms with E-state index in [2.05, 4.69) is 11.7 Å². The van der Waals surface area contributed by atoms with Gasteiger partial charge >= 0.3 is 5.97 Å². The van der Waals surface area contributed by atoms with Crippen LogP contribution in [0.3, 0.4) is 0 Å². The van der Waals surface area contributed by atoms with Gasteiger partial charge < -0.3 is 9.64 Å². The first kappa shape index (κ1) is 15.0. The monoisotopic (exact) mass is 255 g/mol. The van der Waals surface area contributed by atoms with Gasteiger partial charge in [-0.1, -0.05) is 32.6 Å². The molecule has 0 bridgehead atoms. The molecule has 0 aromatic rings. The maximum absolute atomic E-state index is 11.3.